The molecule has 2 rings (SSSR count). The Kier molecular flexibility index (Phi) is 6.72. The molecule has 0 aromatic rings. The van der Waals surface area contributed by atoms with E-state index < -0.39 is 8.56 Å². The molecule has 0 spiro atoms. The third-order valence-corrected chi connectivity index (χ3v) is 8.24. The minimum atomic E-state index is -2.00. The van der Waals surface area contributed by atoms with Crippen LogP contribution in [0.5, 0.6) is 0 Å². The molecule has 2 fully saturated rings. The molecule has 3 nitrogen and oxygen atoms in total. The molecule has 0 amide bonds. The van der Waals surface area contributed by atoms with Crippen LogP contribution in [0.2, 0.25) is 12.6 Å². The fourth-order valence-electron chi connectivity index (χ4n) is 4.08. The standard InChI is InChI=1S/C17H34O3Si/c1-5-8-9-15(13-21(4,18-6-2)19-7-3)14-10-11-16-17(12-14)20-16/h14-17H,5-13H2,1-4H3. The molecule has 1 aliphatic carbocycles. The monoisotopic (exact) mass is 314 g/mol. The molecule has 0 radical (unpaired) electrons. The maximum Gasteiger partial charge on any atom is 0.335 e. The summed E-state index contributed by atoms with van der Waals surface area (Å²) >= 11 is 0. The second-order valence-electron chi connectivity index (χ2n) is 6.89. The molecule has 0 bridgehead atoms. The highest BCUT2D eigenvalue weighted by Gasteiger charge is 2.47. The Hall–Kier alpha value is 0.0969. The lowest BCUT2D eigenvalue weighted by Gasteiger charge is -2.35. The van der Waals surface area contributed by atoms with Crippen LogP contribution in [-0.4, -0.2) is 34.0 Å². The summed E-state index contributed by atoms with van der Waals surface area (Å²) in [5.41, 5.74) is 0. The van der Waals surface area contributed by atoms with Crippen LogP contribution in [0.1, 0.15) is 59.3 Å². The van der Waals surface area contributed by atoms with Gasteiger partial charge in [0.2, 0.25) is 0 Å². The lowest BCUT2D eigenvalue weighted by atomic mass is 9.79. The highest BCUT2D eigenvalue weighted by Crippen LogP contribution is 2.45. The van der Waals surface area contributed by atoms with Crippen molar-refractivity contribution in [1.82, 2.24) is 0 Å². The molecule has 0 aromatic carbocycles. The van der Waals surface area contributed by atoms with Crippen LogP contribution in [0, 0.1) is 11.8 Å². The molecule has 124 valence electrons. The van der Waals surface area contributed by atoms with Crippen LogP contribution in [-0.2, 0) is 13.6 Å². The lowest BCUT2D eigenvalue weighted by molar-refractivity contribution is 0.169. The van der Waals surface area contributed by atoms with Gasteiger partial charge < -0.3 is 13.6 Å². The van der Waals surface area contributed by atoms with E-state index >= 15 is 0 Å². The van der Waals surface area contributed by atoms with Gasteiger partial charge in [-0.2, -0.15) is 0 Å². The molecule has 1 saturated heterocycles. The Balaban J connectivity index is 1.96. The van der Waals surface area contributed by atoms with Crippen LogP contribution in [0.25, 0.3) is 0 Å². The zero-order valence-electron chi connectivity index (χ0n) is 14.4. The van der Waals surface area contributed by atoms with Gasteiger partial charge in [-0.1, -0.05) is 26.2 Å². The Morgan fingerprint density at radius 3 is 2.38 bits per heavy atom. The van der Waals surface area contributed by atoms with E-state index in [1.54, 1.807) is 0 Å². The molecule has 1 saturated carbocycles. The molecule has 1 aliphatic heterocycles. The minimum Gasteiger partial charge on any atom is -0.395 e. The summed E-state index contributed by atoms with van der Waals surface area (Å²) in [5, 5.41) is 0. The molecule has 4 unspecified atom stereocenters. The van der Waals surface area contributed by atoms with Crippen LogP contribution in [0.4, 0.5) is 0 Å². The van der Waals surface area contributed by atoms with E-state index in [0.29, 0.717) is 12.2 Å². The predicted molar refractivity (Wildman–Crippen MR) is 88.7 cm³/mol. The van der Waals surface area contributed by atoms with E-state index in [2.05, 4.69) is 27.3 Å². The van der Waals surface area contributed by atoms with Crippen LogP contribution in [0.15, 0.2) is 0 Å². The van der Waals surface area contributed by atoms with Gasteiger partial charge in [-0.05, 0) is 57.5 Å². The van der Waals surface area contributed by atoms with Gasteiger partial charge in [-0.25, -0.2) is 0 Å². The van der Waals surface area contributed by atoms with E-state index in [1.165, 1.54) is 38.5 Å². The Morgan fingerprint density at radius 2 is 1.81 bits per heavy atom. The van der Waals surface area contributed by atoms with Gasteiger partial charge in [0.05, 0.1) is 12.2 Å². The number of unbranched alkanes of at least 4 members (excludes halogenated alkanes) is 1. The van der Waals surface area contributed by atoms with Crippen LogP contribution >= 0.6 is 0 Å². The largest absolute Gasteiger partial charge is 0.395 e. The number of epoxide rings is 1. The summed E-state index contributed by atoms with van der Waals surface area (Å²) < 4.78 is 17.9. The van der Waals surface area contributed by atoms with Gasteiger partial charge in [-0.15, -0.1) is 0 Å². The maximum atomic E-state index is 6.09. The van der Waals surface area contributed by atoms with Crippen molar-refractivity contribution in [2.45, 2.75) is 84.1 Å². The number of rotatable bonds is 10. The Morgan fingerprint density at radius 1 is 1.10 bits per heavy atom. The molecule has 4 heteroatoms. The number of hydrogen-bond acceptors (Lipinski definition) is 3. The van der Waals surface area contributed by atoms with Gasteiger partial charge in [0.1, 0.15) is 0 Å². The summed E-state index contributed by atoms with van der Waals surface area (Å²) in [6.07, 6.45) is 9.04. The summed E-state index contributed by atoms with van der Waals surface area (Å²) in [6, 6.07) is 1.16. The average Bonchev–Trinajstić information content (AvgIpc) is 3.22. The molecule has 0 N–H and O–H groups in total. The maximum absolute atomic E-state index is 6.09. The molecular formula is C17H34O3Si. The van der Waals surface area contributed by atoms with Crippen molar-refractivity contribution in [3.63, 3.8) is 0 Å². The van der Waals surface area contributed by atoms with Gasteiger partial charge in [-0.3, -0.25) is 0 Å². The molecule has 0 aromatic heterocycles. The summed E-state index contributed by atoms with van der Waals surface area (Å²) in [5.74, 6) is 1.60. The fourth-order valence-corrected chi connectivity index (χ4v) is 7.11. The van der Waals surface area contributed by atoms with E-state index in [4.69, 9.17) is 13.6 Å². The summed E-state index contributed by atoms with van der Waals surface area (Å²) in [7, 11) is -2.00. The van der Waals surface area contributed by atoms with E-state index in [9.17, 15) is 0 Å². The predicted octanol–water partition coefficient (Wildman–Crippen LogP) is 4.51. The second-order valence-corrected chi connectivity index (χ2v) is 10.1. The first-order valence-corrected chi connectivity index (χ1v) is 11.6. The second kappa shape index (κ2) is 8.09. The number of ether oxygens (including phenoxy) is 1. The molecular weight excluding hydrogens is 280 g/mol. The van der Waals surface area contributed by atoms with Crippen molar-refractivity contribution in [2.75, 3.05) is 13.2 Å². The highest BCUT2D eigenvalue weighted by molar-refractivity contribution is 6.66. The normalized spacial score (nSPS) is 30.0. The van der Waals surface area contributed by atoms with Crippen molar-refractivity contribution in [3.05, 3.63) is 0 Å². The van der Waals surface area contributed by atoms with E-state index in [0.717, 1.165) is 31.1 Å². The zero-order chi connectivity index (χ0) is 15.3. The third-order valence-electron chi connectivity index (χ3n) is 5.17. The van der Waals surface area contributed by atoms with Crippen LogP contribution in [0.3, 0.4) is 0 Å². The molecule has 4 atom stereocenters. The molecule has 21 heavy (non-hydrogen) atoms. The van der Waals surface area contributed by atoms with Gasteiger partial charge in [0.15, 0.2) is 0 Å². The van der Waals surface area contributed by atoms with Gasteiger partial charge in [0.25, 0.3) is 0 Å². The quantitative estimate of drug-likeness (QED) is 0.439. The average molecular weight is 315 g/mol. The smallest absolute Gasteiger partial charge is 0.335 e. The van der Waals surface area contributed by atoms with E-state index in [1.807, 2.05) is 0 Å². The van der Waals surface area contributed by atoms with Crippen molar-refractivity contribution in [1.29, 1.82) is 0 Å². The topological polar surface area (TPSA) is 31.0 Å². The third kappa shape index (κ3) is 5.05. The number of hydrogen-bond donors (Lipinski definition) is 0. The van der Waals surface area contributed by atoms with Crippen molar-refractivity contribution < 1.29 is 13.6 Å². The first-order chi connectivity index (χ1) is 10.1. The van der Waals surface area contributed by atoms with Crippen molar-refractivity contribution >= 4 is 8.56 Å². The first-order valence-electron chi connectivity index (χ1n) is 9.05. The number of fused-ring (bicyclic) bond motifs is 1. The summed E-state index contributed by atoms with van der Waals surface area (Å²) in [6.45, 7) is 10.3. The van der Waals surface area contributed by atoms with Crippen molar-refractivity contribution in [3.8, 4) is 0 Å². The van der Waals surface area contributed by atoms with Crippen molar-refractivity contribution in [2.24, 2.45) is 11.8 Å². The lowest BCUT2D eigenvalue weighted by Crippen LogP contribution is -2.42. The fraction of sp³-hybridized carbons (Fsp3) is 1.00. The van der Waals surface area contributed by atoms with E-state index in [-0.39, 0.29) is 0 Å². The molecule has 1 heterocycles. The Labute approximate surface area is 132 Å². The van der Waals surface area contributed by atoms with Crippen LogP contribution < -0.4 is 0 Å². The van der Waals surface area contributed by atoms with Gasteiger partial charge >= 0.3 is 8.56 Å². The summed E-state index contributed by atoms with van der Waals surface area (Å²) in [4.78, 5) is 0. The highest BCUT2D eigenvalue weighted by atomic mass is 28.4. The first kappa shape index (κ1) is 17.5. The molecule has 2 aliphatic rings. The SMILES string of the molecule is CCCCC(C[Si](C)(OCC)OCC)C1CCC2OC2C1. The van der Waals surface area contributed by atoms with Gasteiger partial charge in [0, 0.05) is 13.2 Å². The zero-order valence-corrected chi connectivity index (χ0v) is 15.4. The Bertz CT molecular complexity index is 304. The minimum absolute atomic E-state index is 0.583.